The number of methoxy groups -OCH3 is 1. The van der Waals surface area contributed by atoms with Crippen LogP contribution in [0.5, 0.6) is 5.75 Å². The molecule has 0 unspecified atom stereocenters. The van der Waals surface area contributed by atoms with Gasteiger partial charge in [-0.25, -0.2) is 0 Å². The van der Waals surface area contributed by atoms with Gasteiger partial charge in [0.05, 0.1) is 12.5 Å². The van der Waals surface area contributed by atoms with Gasteiger partial charge in [0.25, 0.3) is 0 Å². The summed E-state index contributed by atoms with van der Waals surface area (Å²) in [7, 11) is 3.91. The Labute approximate surface area is 194 Å². The minimum Gasteiger partial charge on any atom is -0.497 e. The average molecular weight is 428 g/mol. The van der Waals surface area contributed by atoms with Crippen molar-refractivity contribution in [3.63, 3.8) is 0 Å². The molecule has 160 valence electrons. The third-order valence-corrected chi connectivity index (χ3v) is 6.97. The number of hydrogen-bond acceptors (Lipinski definition) is 1. The monoisotopic (exact) mass is 427 g/mol. The zero-order valence-electron chi connectivity index (χ0n) is 18.8. The molecule has 0 radical (unpaired) electrons. The molecule has 4 aromatic carbocycles. The highest BCUT2D eigenvalue weighted by Gasteiger charge is 2.45. The summed E-state index contributed by atoms with van der Waals surface area (Å²) in [5.74, 6) is 0.868. The highest BCUT2D eigenvalue weighted by atomic mass is 16.5. The molecule has 5 aromatic rings. The molecular weight excluding hydrogens is 402 g/mol. The summed E-state index contributed by atoms with van der Waals surface area (Å²) in [6, 6.07) is 38.9. The molecule has 0 spiro atoms. The molecule has 0 N–H and O–H groups in total. The molecule has 6 rings (SSSR count). The second-order valence-corrected chi connectivity index (χ2v) is 8.63. The van der Waals surface area contributed by atoms with Gasteiger partial charge >= 0.3 is 0 Å². The summed E-state index contributed by atoms with van der Waals surface area (Å²) >= 11 is 0. The van der Waals surface area contributed by atoms with Crippen molar-refractivity contribution in [1.82, 2.24) is 4.57 Å². The van der Waals surface area contributed by atoms with Gasteiger partial charge in [-0.3, -0.25) is 0 Å². The summed E-state index contributed by atoms with van der Waals surface area (Å²) in [5.41, 5.74) is 8.48. The number of ether oxygens (including phenoxy) is 1. The first-order valence-corrected chi connectivity index (χ1v) is 11.3. The molecule has 0 fully saturated rings. The van der Waals surface area contributed by atoms with Crippen LogP contribution in [0.1, 0.15) is 27.9 Å². The molecule has 0 saturated heterocycles. The summed E-state index contributed by atoms with van der Waals surface area (Å²) in [5, 5.41) is 1.28. The van der Waals surface area contributed by atoms with E-state index >= 15 is 0 Å². The average Bonchev–Trinajstić information content (AvgIpc) is 3.40. The van der Waals surface area contributed by atoms with Gasteiger partial charge in [-0.2, -0.15) is 0 Å². The first kappa shape index (κ1) is 19.6. The van der Waals surface area contributed by atoms with Crippen molar-refractivity contribution in [3.8, 4) is 5.75 Å². The maximum absolute atomic E-state index is 5.43. The van der Waals surface area contributed by atoms with Crippen molar-refractivity contribution >= 4 is 16.5 Å². The molecule has 0 amide bonds. The highest BCUT2D eigenvalue weighted by Crippen LogP contribution is 2.54. The fraction of sp³-hybridized carbons (Fsp3) is 0.0968. The van der Waals surface area contributed by atoms with Crippen LogP contribution in [0.15, 0.2) is 115 Å². The zero-order chi connectivity index (χ0) is 22.4. The summed E-state index contributed by atoms with van der Waals surface area (Å²) in [6.07, 6.45) is 2.47. The maximum Gasteiger partial charge on any atom is 0.118 e. The van der Waals surface area contributed by atoms with Gasteiger partial charge in [0.15, 0.2) is 0 Å². The van der Waals surface area contributed by atoms with E-state index in [-0.39, 0.29) is 5.41 Å². The van der Waals surface area contributed by atoms with Crippen LogP contribution in [0.25, 0.3) is 16.5 Å². The van der Waals surface area contributed by atoms with Crippen molar-refractivity contribution in [3.05, 3.63) is 143 Å². The van der Waals surface area contributed by atoms with E-state index in [1.54, 1.807) is 7.11 Å². The van der Waals surface area contributed by atoms with Gasteiger partial charge in [-0.15, -0.1) is 0 Å². The number of aromatic nitrogens is 1. The molecule has 0 bridgehead atoms. The summed E-state index contributed by atoms with van der Waals surface area (Å²) < 4.78 is 7.82. The lowest BCUT2D eigenvalue weighted by Crippen LogP contribution is -2.28. The largest absolute Gasteiger partial charge is 0.497 e. The van der Waals surface area contributed by atoms with E-state index in [4.69, 9.17) is 4.74 Å². The van der Waals surface area contributed by atoms with E-state index in [0.717, 1.165) is 5.75 Å². The first-order valence-electron chi connectivity index (χ1n) is 11.3. The number of benzene rings is 4. The van der Waals surface area contributed by atoms with E-state index in [0.29, 0.717) is 0 Å². The number of hydrogen-bond donors (Lipinski definition) is 0. The molecule has 0 saturated carbocycles. The van der Waals surface area contributed by atoms with E-state index < -0.39 is 0 Å². The van der Waals surface area contributed by atoms with Crippen LogP contribution in [-0.4, -0.2) is 11.7 Å². The number of rotatable bonds is 4. The number of nitrogens with zero attached hydrogens (tertiary/aromatic N) is 1. The lowest BCUT2D eigenvalue weighted by molar-refractivity contribution is 0.415. The normalized spacial score (nSPS) is 14.2. The van der Waals surface area contributed by atoms with Gasteiger partial charge < -0.3 is 9.30 Å². The molecule has 1 aliphatic rings. The van der Waals surface area contributed by atoms with Crippen molar-refractivity contribution in [2.45, 2.75) is 5.41 Å². The summed E-state index contributed by atoms with van der Waals surface area (Å²) in [6.45, 7) is 0. The van der Waals surface area contributed by atoms with E-state index in [1.165, 1.54) is 44.4 Å². The van der Waals surface area contributed by atoms with Crippen molar-refractivity contribution in [1.29, 1.82) is 0 Å². The lowest BCUT2D eigenvalue weighted by atomic mass is 9.73. The minimum atomic E-state index is -0.388. The molecule has 0 atom stereocenters. The molecular formula is C31H25NO. The highest BCUT2D eigenvalue weighted by molar-refractivity contribution is 6.03. The number of fused-ring (bicyclic) bond motifs is 3. The summed E-state index contributed by atoms with van der Waals surface area (Å²) in [4.78, 5) is 0. The lowest BCUT2D eigenvalue weighted by Gasteiger charge is -2.31. The van der Waals surface area contributed by atoms with Gasteiger partial charge in [0, 0.05) is 29.2 Å². The van der Waals surface area contributed by atoms with Crippen molar-refractivity contribution in [2.24, 2.45) is 7.05 Å². The van der Waals surface area contributed by atoms with Crippen molar-refractivity contribution in [2.75, 3.05) is 7.11 Å². The number of allylic oxidation sites excluding steroid dienone is 1. The Morgan fingerprint density at radius 2 is 1.24 bits per heavy atom. The fourth-order valence-corrected chi connectivity index (χ4v) is 5.49. The molecule has 1 aromatic heterocycles. The SMILES string of the molecule is COc1ccc(C2=CC(c3ccccc3)(c3ccccc3)c3c2c2ccccc2n3C)cc1. The smallest absolute Gasteiger partial charge is 0.118 e. The van der Waals surface area contributed by atoms with Crippen molar-refractivity contribution < 1.29 is 4.74 Å². The van der Waals surface area contributed by atoms with Crippen LogP contribution in [0, 0.1) is 0 Å². The third-order valence-electron chi connectivity index (χ3n) is 6.97. The second-order valence-electron chi connectivity index (χ2n) is 8.63. The minimum absolute atomic E-state index is 0.388. The van der Waals surface area contributed by atoms with Gasteiger partial charge in [0.1, 0.15) is 5.75 Å². The molecule has 2 heteroatoms. The van der Waals surface area contributed by atoms with Gasteiger partial charge in [-0.1, -0.05) is 97.1 Å². The van der Waals surface area contributed by atoms with E-state index in [2.05, 4.69) is 115 Å². The molecule has 1 aliphatic carbocycles. The predicted molar refractivity (Wildman–Crippen MR) is 136 cm³/mol. The van der Waals surface area contributed by atoms with Crippen LogP contribution in [0.3, 0.4) is 0 Å². The number of para-hydroxylation sites is 1. The van der Waals surface area contributed by atoms with Crippen LogP contribution < -0.4 is 4.74 Å². The zero-order valence-corrected chi connectivity index (χ0v) is 18.8. The Hall–Kier alpha value is -4.04. The quantitative estimate of drug-likeness (QED) is 0.302. The molecule has 1 heterocycles. The van der Waals surface area contributed by atoms with Crippen LogP contribution >= 0.6 is 0 Å². The third kappa shape index (κ3) is 2.81. The molecule has 33 heavy (non-hydrogen) atoms. The number of aryl methyl sites for hydroxylation is 1. The Morgan fingerprint density at radius 3 is 1.85 bits per heavy atom. The van der Waals surface area contributed by atoms with Crippen LogP contribution in [0.2, 0.25) is 0 Å². The molecule has 0 aliphatic heterocycles. The van der Waals surface area contributed by atoms with Gasteiger partial charge in [-0.05, 0) is 40.5 Å². The fourth-order valence-electron chi connectivity index (χ4n) is 5.49. The second kappa shape index (κ2) is 7.53. The predicted octanol–water partition coefficient (Wildman–Crippen LogP) is 6.97. The Balaban J connectivity index is 1.76. The standard InChI is InChI=1S/C31H25NO/c1-32-28-16-10-9-15-26(28)29-27(22-17-19-25(33-2)20-18-22)21-31(30(29)32,23-11-5-3-6-12-23)24-13-7-4-8-14-24/h3-21H,1-2H3. The Bertz CT molecular complexity index is 1440. The van der Waals surface area contributed by atoms with E-state index in [9.17, 15) is 0 Å². The molecule has 2 nitrogen and oxygen atoms in total. The first-order chi connectivity index (χ1) is 16.2. The Morgan fingerprint density at radius 1 is 0.667 bits per heavy atom. The van der Waals surface area contributed by atoms with Crippen LogP contribution in [-0.2, 0) is 12.5 Å². The van der Waals surface area contributed by atoms with E-state index in [1.807, 2.05) is 12.1 Å². The Kier molecular flexibility index (Phi) is 4.48. The maximum atomic E-state index is 5.43. The topological polar surface area (TPSA) is 14.2 Å². The van der Waals surface area contributed by atoms with Gasteiger partial charge in [0.2, 0.25) is 0 Å². The van der Waals surface area contributed by atoms with Crippen LogP contribution in [0.4, 0.5) is 0 Å².